The van der Waals surface area contributed by atoms with Crippen LogP contribution < -0.4 is 10.2 Å². The number of hydrogen-bond acceptors (Lipinski definition) is 3. The maximum absolute atomic E-state index is 13.0. The summed E-state index contributed by atoms with van der Waals surface area (Å²) in [5.41, 5.74) is 2.00. The molecule has 0 radical (unpaired) electrons. The molecule has 2 aliphatic rings. The molecular formula is C24H35N3O3. The lowest BCUT2D eigenvalue weighted by Crippen LogP contribution is -2.45. The molecule has 3 rings (SSSR count). The van der Waals surface area contributed by atoms with Crippen LogP contribution >= 0.6 is 0 Å². The van der Waals surface area contributed by atoms with E-state index in [1.807, 2.05) is 36.1 Å². The summed E-state index contributed by atoms with van der Waals surface area (Å²) in [5, 5.41) is 3.05. The standard InChI is InChI=1S/C24H35N3O3/c1-3-4-5-6-13-25-23(29)19-11-14-26(15-12-19)24(30)20-16-22(28)27(17-20)21-9-7-18(2)8-10-21/h7-10,19-20H,3-6,11-17H2,1-2H3,(H,25,29)/t20-/m0/s1. The largest absolute Gasteiger partial charge is 0.356 e. The van der Waals surface area contributed by atoms with E-state index in [1.165, 1.54) is 12.8 Å². The highest BCUT2D eigenvalue weighted by Crippen LogP contribution is 2.28. The van der Waals surface area contributed by atoms with Crippen molar-refractivity contribution in [1.29, 1.82) is 0 Å². The van der Waals surface area contributed by atoms with Gasteiger partial charge < -0.3 is 15.1 Å². The van der Waals surface area contributed by atoms with Gasteiger partial charge in [-0.3, -0.25) is 14.4 Å². The monoisotopic (exact) mass is 413 g/mol. The molecule has 0 spiro atoms. The molecule has 0 unspecified atom stereocenters. The Kier molecular flexibility index (Phi) is 7.88. The molecule has 1 aromatic rings. The molecule has 2 heterocycles. The Hall–Kier alpha value is -2.37. The van der Waals surface area contributed by atoms with E-state index in [0.717, 1.165) is 30.6 Å². The van der Waals surface area contributed by atoms with Crippen molar-refractivity contribution >= 4 is 23.4 Å². The molecule has 2 aliphatic heterocycles. The summed E-state index contributed by atoms with van der Waals surface area (Å²) in [7, 11) is 0. The maximum atomic E-state index is 13.0. The molecule has 0 aliphatic carbocycles. The lowest BCUT2D eigenvalue weighted by atomic mass is 9.94. The van der Waals surface area contributed by atoms with Crippen molar-refractivity contribution in [3.05, 3.63) is 29.8 Å². The number of nitrogens with zero attached hydrogens (tertiary/aromatic N) is 2. The zero-order valence-corrected chi connectivity index (χ0v) is 18.4. The summed E-state index contributed by atoms with van der Waals surface area (Å²) in [6.07, 6.45) is 6.26. The van der Waals surface area contributed by atoms with Crippen molar-refractivity contribution in [2.24, 2.45) is 11.8 Å². The van der Waals surface area contributed by atoms with Gasteiger partial charge in [-0.05, 0) is 38.3 Å². The molecule has 0 saturated carbocycles. The lowest BCUT2D eigenvalue weighted by Gasteiger charge is -2.33. The number of benzene rings is 1. The fourth-order valence-corrected chi connectivity index (χ4v) is 4.38. The van der Waals surface area contributed by atoms with E-state index in [0.29, 0.717) is 32.5 Å². The maximum Gasteiger partial charge on any atom is 0.228 e. The summed E-state index contributed by atoms with van der Waals surface area (Å²) in [6, 6.07) is 7.84. The Morgan fingerprint density at radius 2 is 1.73 bits per heavy atom. The van der Waals surface area contributed by atoms with E-state index in [1.54, 1.807) is 4.90 Å². The van der Waals surface area contributed by atoms with E-state index in [-0.39, 0.29) is 36.0 Å². The van der Waals surface area contributed by atoms with E-state index in [2.05, 4.69) is 12.2 Å². The van der Waals surface area contributed by atoms with Crippen molar-refractivity contribution in [2.75, 3.05) is 31.1 Å². The minimum atomic E-state index is -0.289. The minimum absolute atomic E-state index is 0.00510. The summed E-state index contributed by atoms with van der Waals surface area (Å²) in [5.74, 6) is -0.108. The van der Waals surface area contributed by atoms with Gasteiger partial charge in [-0.25, -0.2) is 0 Å². The number of nitrogens with one attached hydrogen (secondary N) is 1. The topological polar surface area (TPSA) is 69.7 Å². The predicted molar refractivity (Wildman–Crippen MR) is 118 cm³/mol. The highest BCUT2D eigenvalue weighted by molar-refractivity contribution is 6.00. The number of carbonyl (C=O) groups excluding carboxylic acids is 3. The van der Waals surface area contributed by atoms with Crippen molar-refractivity contribution in [2.45, 2.75) is 58.8 Å². The van der Waals surface area contributed by atoms with Crippen molar-refractivity contribution in [3.63, 3.8) is 0 Å². The molecule has 2 saturated heterocycles. The summed E-state index contributed by atoms with van der Waals surface area (Å²) in [6.45, 7) is 6.58. The van der Waals surface area contributed by atoms with Crippen LogP contribution in [0.25, 0.3) is 0 Å². The van der Waals surface area contributed by atoms with Crippen LogP contribution in [0.2, 0.25) is 0 Å². The van der Waals surface area contributed by atoms with Crippen LogP contribution in [-0.4, -0.2) is 48.8 Å². The van der Waals surface area contributed by atoms with E-state index in [9.17, 15) is 14.4 Å². The number of hydrogen-bond donors (Lipinski definition) is 1. The minimum Gasteiger partial charge on any atom is -0.356 e. The molecule has 30 heavy (non-hydrogen) atoms. The van der Waals surface area contributed by atoms with Gasteiger partial charge in [-0.15, -0.1) is 0 Å². The molecule has 1 atom stereocenters. The number of rotatable bonds is 8. The van der Waals surface area contributed by atoms with Crippen molar-refractivity contribution in [3.8, 4) is 0 Å². The predicted octanol–water partition coefficient (Wildman–Crippen LogP) is 3.28. The number of likely N-dealkylation sites (tertiary alicyclic amines) is 1. The fourth-order valence-electron chi connectivity index (χ4n) is 4.38. The molecule has 3 amide bonds. The zero-order valence-electron chi connectivity index (χ0n) is 18.4. The normalized spacial score (nSPS) is 19.9. The molecular weight excluding hydrogens is 378 g/mol. The van der Waals surface area contributed by atoms with Gasteiger partial charge in [0.25, 0.3) is 0 Å². The highest BCUT2D eigenvalue weighted by atomic mass is 16.2. The van der Waals surface area contributed by atoms with Gasteiger partial charge in [0, 0.05) is 44.2 Å². The first-order chi connectivity index (χ1) is 14.5. The third-order valence-corrected chi connectivity index (χ3v) is 6.33. The molecule has 0 aromatic heterocycles. The van der Waals surface area contributed by atoms with E-state index in [4.69, 9.17) is 0 Å². The number of piperidine rings is 1. The van der Waals surface area contributed by atoms with Gasteiger partial charge in [-0.2, -0.15) is 0 Å². The Balaban J connectivity index is 1.44. The van der Waals surface area contributed by atoms with Crippen LogP contribution in [0.15, 0.2) is 24.3 Å². The van der Waals surface area contributed by atoms with Crippen LogP contribution in [0.4, 0.5) is 5.69 Å². The van der Waals surface area contributed by atoms with Crippen LogP contribution in [0.3, 0.4) is 0 Å². The quantitative estimate of drug-likeness (QED) is 0.665. The lowest BCUT2D eigenvalue weighted by molar-refractivity contribution is -0.139. The molecule has 1 N–H and O–H groups in total. The SMILES string of the molecule is CCCCCCNC(=O)C1CCN(C(=O)[C@H]2CC(=O)N(c3ccc(C)cc3)C2)CC1. The second-order valence-electron chi connectivity index (χ2n) is 8.69. The zero-order chi connectivity index (χ0) is 21.5. The number of amides is 3. The van der Waals surface area contributed by atoms with Gasteiger partial charge in [0.05, 0.1) is 5.92 Å². The average Bonchev–Trinajstić information content (AvgIpc) is 3.15. The van der Waals surface area contributed by atoms with E-state index >= 15 is 0 Å². The van der Waals surface area contributed by atoms with Gasteiger partial charge in [0.1, 0.15) is 0 Å². The number of anilines is 1. The van der Waals surface area contributed by atoms with Crippen LogP contribution in [0.5, 0.6) is 0 Å². The van der Waals surface area contributed by atoms with Gasteiger partial charge >= 0.3 is 0 Å². The Morgan fingerprint density at radius 3 is 2.40 bits per heavy atom. The van der Waals surface area contributed by atoms with Crippen molar-refractivity contribution < 1.29 is 14.4 Å². The molecule has 2 fully saturated rings. The summed E-state index contributed by atoms with van der Waals surface area (Å²) < 4.78 is 0. The number of unbranched alkanes of at least 4 members (excludes halogenated alkanes) is 3. The highest BCUT2D eigenvalue weighted by Gasteiger charge is 2.38. The van der Waals surface area contributed by atoms with Crippen LogP contribution in [-0.2, 0) is 14.4 Å². The second kappa shape index (κ2) is 10.6. The first-order valence-corrected chi connectivity index (χ1v) is 11.4. The third kappa shape index (κ3) is 5.61. The molecule has 1 aromatic carbocycles. The van der Waals surface area contributed by atoms with Crippen LogP contribution in [0.1, 0.15) is 57.4 Å². The van der Waals surface area contributed by atoms with Gasteiger partial charge in [0.2, 0.25) is 17.7 Å². The fraction of sp³-hybridized carbons (Fsp3) is 0.625. The Labute approximate surface area is 180 Å². The molecule has 0 bridgehead atoms. The summed E-state index contributed by atoms with van der Waals surface area (Å²) >= 11 is 0. The Bertz CT molecular complexity index is 739. The Morgan fingerprint density at radius 1 is 1.03 bits per heavy atom. The average molecular weight is 414 g/mol. The van der Waals surface area contributed by atoms with Gasteiger partial charge in [0.15, 0.2) is 0 Å². The first-order valence-electron chi connectivity index (χ1n) is 11.4. The smallest absolute Gasteiger partial charge is 0.228 e. The summed E-state index contributed by atoms with van der Waals surface area (Å²) in [4.78, 5) is 41.4. The third-order valence-electron chi connectivity index (χ3n) is 6.33. The van der Waals surface area contributed by atoms with Crippen molar-refractivity contribution in [1.82, 2.24) is 10.2 Å². The first kappa shape index (κ1) is 22.3. The molecule has 6 heteroatoms. The van der Waals surface area contributed by atoms with E-state index < -0.39 is 0 Å². The molecule has 164 valence electrons. The number of aryl methyl sites for hydroxylation is 1. The number of carbonyl (C=O) groups is 3. The van der Waals surface area contributed by atoms with Gasteiger partial charge in [-0.1, -0.05) is 43.9 Å². The second-order valence-corrected chi connectivity index (χ2v) is 8.69. The van der Waals surface area contributed by atoms with Crippen LogP contribution in [0, 0.1) is 18.8 Å². The molecule has 6 nitrogen and oxygen atoms in total.